The van der Waals surface area contributed by atoms with Gasteiger partial charge in [-0.05, 0) is 31.4 Å². The second kappa shape index (κ2) is 5.82. The topological polar surface area (TPSA) is 61.8 Å². The van der Waals surface area contributed by atoms with Crippen LogP contribution in [0.25, 0.3) is 0 Å². The molecule has 23 heavy (non-hydrogen) atoms. The van der Waals surface area contributed by atoms with Gasteiger partial charge < -0.3 is 10.2 Å². The molecule has 0 aromatic heterocycles. The van der Waals surface area contributed by atoms with Gasteiger partial charge in [0.25, 0.3) is 0 Å². The molecule has 1 saturated heterocycles. The second-order valence-electron chi connectivity index (χ2n) is 7.03. The Balaban J connectivity index is 1.62. The molecule has 0 saturated carbocycles. The van der Waals surface area contributed by atoms with Crippen molar-refractivity contribution in [3.63, 3.8) is 0 Å². The van der Waals surface area contributed by atoms with Crippen LogP contribution in [0.4, 0.5) is 0 Å². The number of rotatable bonds is 2. The number of nitrogens with one attached hydrogen (secondary N) is 1. The number of hydrogen-bond donors (Lipinski definition) is 1. The maximum atomic E-state index is 12.1. The van der Waals surface area contributed by atoms with Crippen molar-refractivity contribution in [1.29, 1.82) is 0 Å². The number of nitrogens with zero attached hydrogens (tertiary/aromatic N) is 2. The first kappa shape index (κ1) is 16.3. The normalized spacial score (nSPS) is 25.4. The predicted octanol–water partition coefficient (Wildman–Crippen LogP) is 1.41. The molecule has 1 aromatic carbocycles. The van der Waals surface area contributed by atoms with Crippen LogP contribution in [0, 0.1) is 0 Å². The zero-order valence-electron chi connectivity index (χ0n) is 14.0. The van der Waals surface area contributed by atoms with E-state index < -0.39 is 14.6 Å². The molecule has 0 bridgehead atoms. The minimum absolute atomic E-state index is 0.187. The summed E-state index contributed by atoms with van der Waals surface area (Å²) in [4.78, 5) is 6.41. The number of benzene rings is 1. The van der Waals surface area contributed by atoms with Crippen LogP contribution in [0.5, 0.6) is 0 Å². The van der Waals surface area contributed by atoms with E-state index >= 15 is 0 Å². The molecule has 0 radical (unpaired) electrons. The van der Waals surface area contributed by atoms with E-state index in [4.69, 9.17) is 0 Å². The van der Waals surface area contributed by atoms with Crippen molar-refractivity contribution in [2.75, 3.05) is 32.4 Å². The smallest absolute Gasteiger partial charge is 0.193 e. The van der Waals surface area contributed by atoms with Crippen LogP contribution < -0.4 is 5.32 Å². The van der Waals surface area contributed by atoms with Gasteiger partial charge in [-0.3, -0.25) is 4.99 Å². The molecule has 1 heterocycles. The van der Waals surface area contributed by atoms with Gasteiger partial charge in [0.15, 0.2) is 15.8 Å². The van der Waals surface area contributed by atoms with Crippen molar-refractivity contribution in [3.8, 4) is 0 Å². The maximum Gasteiger partial charge on any atom is 0.193 e. The number of fused-ring (bicyclic) bond motifs is 1. The standard InChI is InChI=1S/C17H25N3O2S/c1-17(2)12-20(8-9-23(17,21)22)16(18-3)19-11-14-10-13-6-4-5-7-15(13)14/h4-7,14H,8-12H2,1-3H3,(H,18,19). The van der Waals surface area contributed by atoms with Crippen LogP contribution in [-0.4, -0.2) is 56.5 Å². The Morgan fingerprint density at radius 3 is 2.78 bits per heavy atom. The zero-order chi connectivity index (χ0) is 16.7. The minimum atomic E-state index is -3.02. The van der Waals surface area contributed by atoms with E-state index in [0.29, 0.717) is 19.0 Å². The summed E-state index contributed by atoms with van der Waals surface area (Å²) in [5, 5.41) is 3.43. The van der Waals surface area contributed by atoms with Crippen molar-refractivity contribution in [1.82, 2.24) is 10.2 Å². The third-order valence-corrected chi connectivity index (χ3v) is 7.56. The summed E-state index contributed by atoms with van der Waals surface area (Å²) < 4.78 is 23.5. The largest absolute Gasteiger partial charge is 0.356 e. The molecule has 0 spiro atoms. The monoisotopic (exact) mass is 335 g/mol. The van der Waals surface area contributed by atoms with Gasteiger partial charge in [0.2, 0.25) is 0 Å². The second-order valence-corrected chi connectivity index (χ2v) is 9.77. The summed E-state index contributed by atoms with van der Waals surface area (Å²) in [6.45, 7) is 5.42. The number of guanidine groups is 1. The lowest BCUT2D eigenvalue weighted by atomic mass is 9.78. The Labute approximate surface area is 138 Å². The first-order chi connectivity index (χ1) is 10.8. The fourth-order valence-corrected chi connectivity index (χ4v) is 4.78. The van der Waals surface area contributed by atoms with E-state index in [9.17, 15) is 8.42 Å². The molecule has 1 atom stereocenters. The fraction of sp³-hybridized carbons (Fsp3) is 0.588. The van der Waals surface area contributed by atoms with Crippen LogP contribution in [0.15, 0.2) is 29.3 Å². The lowest BCUT2D eigenvalue weighted by molar-refractivity contribution is 0.351. The Morgan fingerprint density at radius 2 is 2.13 bits per heavy atom. The van der Waals surface area contributed by atoms with Gasteiger partial charge in [0.05, 0.1) is 10.5 Å². The molecule has 1 N–H and O–H groups in total. The van der Waals surface area contributed by atoms with Gasteiger partial charge in [-0.2, -0.15) is 0 Å². The SMILES string of the molecule is CN=C(NCC1Cc2ccccc21)N1CCS(=O)(=O)C(C)(C)C1. The first-order valence-corrected chi connectivity index (χ1v) is 9.75. The molecular weight excluding hydrogens is 310 g/mol. The average molecular weight is 335 g/mol. The molecule has 2 aliphatic rings. The molecule has 6 heteroatoms. The van der Waals surface area contributed by atoms with E-state index in [1.54, 1.807) is 20.9 Å². The van der Waals surface area contributed by atoms with E-state index in [0.717, 1.165) is 18.9 Å². The number of hydrogen-bond acceptors (Lipinski definition) is 3. The van der Waals surface area contributed by atoms with Crippen molar-refractivity contribution in [2.45, 2.75) is 30.9 Å². The van der Waals surface area contributed by atoms with Gasteiger partial charge in [-0.25, -0.2) is 8.42 Å². The van der Waals surface area contributed by atoms with Crippen molar-refractivity contribution in [3.05, 3.63) is 35.4 Å². The Morgan fingerprint density at radius 1 is 1.39 bits per heavy atom. The van der Waals surface area contributed by atoms with E-state index in [1.807, 2.05) is 0 Å². The van der Waals surface area contributed by atoms with Gasteiger partial charge >= 0.3 is 0 Å². The Hall–Kier alpha value is -1.56. The van der Waals surface area contributed by atoms with Gasteiger partial charge in [-0.1, -0.05) is 24.3 Å². The molecule has 1 unspecified atom stereocenters. The summed E-state index contributed by atoms with van der Waals surface area (Å²) in [6, 6.07) is 8.53. The van der Waals surface area contributed by atoms with Gasteiger partial charge in [0.1, 0.15) is 0 Å². The average Bonchev–Trinajstić information content (AvgIpc) is 2.47. The van der Waals surface area contributed by atoms with Crippen LogP contribution in [0.2, 0.25) is 0 Å². The fourth-order valence-electron chi connectivity index (χ4n) is 3.42. The quantitative estimate of drug-likeness (QED) is 0.656. The number of aliphatic imine (C=N–C) groups is 1. The molecule has 5 nitrogen and oxygen atoms in total. The van der Waals surface area contributed by atoms with Gasteiger partial charge in [-0.15, -0.1) is 0 Å². The van der Waals surface area contributed by atoms with Crippen LogP contribution in [0.1, 0.15) is 30.9 Å². The molecule has 126 valence electrons. The lowest BCUT2D eigenvalue weighted by Gasteiger charge is -2.40. The molecule has 1 fully saturated rings. The Bertz CT molecular complexity index is 725. The summed E-state index contributed by atoms with van der Waals surface area (Å²) in [5.41, 5.74) is 2.84. The van der Waals surface area contributed by atoms with Crippen LogP contribution in [0.3, 0.4) is 0 Å². The van der Waals surface area contributed by atoms with E-state index in [-0.39, 0.29) is 5.75 Å². The molecule has 1 aliphatic heterocycles. The summed E-state index contributed by atoms with van der Waals surface area (Å²) in [7, 11) is -1.27. The Kier molecular flexibility index (Phi) is 4.12. The molecule has 1 aliphatic carbocycles. The highest BCUT2D eigenvalue weighted by atomic mass is 32.2. The maximum absolute atomic E-state index is 12.1. The molecule has 3 rings (SSSR count). The highest BCUT2D eigenvalue weighted by Crippen LogP contribution is 2.34. The van der Waals surface area contributed by atoms with Crippen molar-refractivity contribution >= 4 is 15.8 Å². The van der Waals surface area contributed by atoms with Crippen molar-refractivity contribution in [2.24, 2.45) is 4.99 Å². The third-order valence-electron chi connectivity index (χ3n) is 5.02. The summed E-state index contributed by atoms with van der Waals surface area (Å²) in [5.74, 6) is 1.51. The lowest BCUT2D eigenvalue weighted by Crippen LogP contribution is -2.57. The summed E-state index contributed by atoms with van der Waals surface area (Å²) in [6.07, 6.45) is 1.10. The van der Waals surface area contributed by atoms with Crippen molar-refractivity contribution < 1.29 is 8.42 Å². The summed E-state index contributed by atoms with van der Waals surface area (Å²) >= 11 is 0. The van der Waals surface area contributed by atoms with Gasteiger partial charge in [0, 0.05) is 32.6 Å². The molecule has 1 aromatic rings. The molecule has 0 amide bonds. The highest BCUT2D eigenvalue weighted by Gasteiger charge is 2.41. The van der Waals surface area contributed by atoms with Crippen LogP contribution in [-0.2, 0) is 16.3 Å². The molecular formula is C17H25N3O2S. The van der Waals surface area contributed by atoms with Crippen LogP contribution >= 0.6 is 0 Å². The zero-order valence-corrected chi connectivity index (χ0v) is 14.9. The first-order valence-electron chi connectivity index (χ1n) is 8.10. The van der Waals surface area contributed by atoms with E-state index in [2.05, 4.69) is 39.5 Å². The number of sulfone groups is 1. The van der Waals surface area contributed by atoms with E-state index in [1.165, 1.54) is 11.1 Å². The predicted molar refractivity (Wildman–Crippen MR) is 93.7 cm³/mol. The highest BCUT2D eigenvalue weighted by molar-refractivity contribution is 7.92. The third kappa shape index (κ3) is 2.96. The minimum Gasteiger partial charge on any atom is -0.356 e.